The van der Waals surface area contributed by atoms with Gasteiger partial charge in [-0.25, -0.2) is 4.79 Å². The molecule has 166 valence electrons. The maximum atomic E-state index is 13.3. The zero-order valence-corrected chi connectivity index (χ0v) is 18.2. The fourth-order valence-corrected chi connectivity index (χ4v) is 4.82. The van der Waals surface area contributed by atoms with Gasteiger partial charge in [-0.15, -0.1) is 0 Å². The van der Waals surface area contributed by atoms with Crippen LogP contribution >= 0.6 is 0 Å². The average Bonchev–Trinajstić information content (AvgIpc) is 3.36. The molecule has 0 bridgehead atoms. The van der Waals surface area contributed by atoms with Gasteiger partial charge in [0, 0.05) is 0 Å². The molecule has 2 aliphatic rings. The number of methoxy groups -OCH3 is 2. The molecule has 1 fully saturated rings. The fraction of sp³-hybridized carbons (Fsp3) is 0.320. The molecule has 1 aliphatic heterocycles. The summed E-state index contributed by atoms with van der Waals surface area (Å²) in [6.07, 6.45) is 0.630. The highest BCUT2D eigenvalue weighted by molar-refractivity contribution is 6.03. The van der Waals surface area contributed by atoms with E-state index in [0.29, 0.717) is 0 Å². The van der Waals surface area contributed by atoms with Crippen molar-refractivity contribution in [1.29, 1.82) is 0 Å². The number of carbonyl (C=O) groups is 3. The molecular weight excluding hydrogens is 410 g/mol. The molecule has 32 heavy (non-hydrogen) atoms. The van der Waals surface area contributed by atoms with E-state index in [4.69, 9.17) is 14.2 Å². The standard InChI is InChI=1S/C25H25NO6/c1-16-14-19(25(15-16,22(27)30-2)23(28)31-3)26-20(17-10-6-4-7-11-17)21(32-24(26)29)18-12-8-5-9-13-18/h4-14,19-21H,15H2,1-3H3/t19-,20+,21-/m1/s1. The zero-order valence-electron chi connectivity index (χ0n) is 18.2. The van der Waals surface area contributed by atoms with E-state index in [1.165, 1.54) is 19.1 Å². The van der Waals surface area contributed by atoms with Crippen LogP contribution in [-0.4, -0.2) is 43.2 Å². The number of hydrogen-bond donors (Lipinski definition) is 0. The molecule has 2 aromatic carbocycles. The molecule has 0 spiro atoms. The smallest absolute Gasteiger partial charge is 0.411 e. The molecule has 0 N–H and O–H groups in total. The molecule has 0 unspecified atom stereocenters. The Kier molecular flexibility index (Phi) is 5.74. The van der Waals surface area contributed by atoms with E-state index in [2.05, 4.69) is 0 Å². The fourth-order valence-electron chi connectivity index (χ4n) is 4.82. The molecule has 1 heterocycles. The Bertz CT molecular complexity index is 1030. The first-order chi connectivity index (χ1) is 15.4. The van der Waals surface area contributed by atoms with E-state index in [-0.39, 0.29) is 6.42 Å². The van der Waals surface area contributed by atoms with Crippen molar-refractivity contribution in [2.45, 2.75) is 31.5 Å². The molecule has 0 aromatic heterocycles. The average molecular weight is 435 g/mol. The first kappa shape index (κ1) is 21.6. The number of ether oxygens (including phenoxy) is 3. The van der Waals surface area contributed by atoms with Crippen molar-refractivity contribution in [3.8, 4) is 0 Å². The summed E-state index contributed by atoms with van der Waals surface area (Å²) in [6, 6.07) is 17.4. The maximum absolute atomic E-state index is 13.3. The molecule has 1 amide bonds. The molecular formula is C25H25NO6. The third-order valence-electron chi connectivity index (χ3n) is 6.20. The van der Waals surface area contributed by atoms with Crippen LogP contribution in [0.5, 0.6) is 0 Å². The van der Waals surface area contributed by atoms with Gasteiger partial charge in [0.25, 0.3) is 0 Å². The van der Waals surface area contributed by atoms with Gasteiger partial charge in [0.1, 0.15) is 6.04 Å². The number of esters is 2. The molecule has 7 nitrogen and oxygen atoms in total. The highest BCUT2D eigenvalue weighted by atomic mass is 16.6. The van der Waals surface area contributed by atoms with E-state index >= 15 is 0 Å². The van der Waals surface area contributed by atoms with E-state index in [1.807, 2.05) is 67.6 Å². The molecule has 2 aromatic rings. The largest absolute Gasteiger partial charge is 0.468 e. The van der Waals surface area contributed by atoms with Crippen LogP contribution in [0.3, 0.4) is 0 Å². The van der Waals surface area contributed by atoms with Crippen molar-refractivity contribution in [3.05, 3.63) is 83.4 Å². The number of cyclic esters (lactones) is 1. The van der Waals surface area contributed by atoms with Crippen molar-refractivity contribution in [1.82, 2.24) is 4.90 Å². The Morgan fingerprint density at radius 3 is 2.00 bits per heavy atom. The minimum Gasteiger partial charge on any atom is -0.468 e. The Hall–Kier alpha value is -3.61. The van der Waals surface area contributed by atoms with E-state index in [0.717, 1.165) is 16.7 Å². The highest BCUT2D eigenvalue weighted by Crippen LogP contribution is 2.51. The van der Waals surface area contributed by atoms with Gasteiger partial charge in [-0.05, 0) is 24.5 Å². The van der Waals surface area contributed by atoms with Crippen molar-refractivity contribution < 1.29 is 28.6 Å². The lowest BCUT2D eigenvalue weighted by Crippen LogP contribution is -2.55. The van der Waals surface area contributed by atoms with Gasteiger partial charge >= 0.3 is 18.0 Å². The van der Waals surface area contributed by atoms with Crippen molar-refractivity contribution >= 4 is 18.0 Å². The molecule has 4 rings (SSSR count). The molecule has 0 radical (unpaired) electrons. The minimum atomic E-state index is -1.70. The van der Waals surface area contributed by atoms with Crippen molar-refractivity contribution in [2.24, 2.45) is 5.41 Å². The topological polar surface area (TPSA) is 82.1 Å². The van der Waals surface area contributed by atoms with Gasteiger partial charge in [-0.1, -0.05) is 72.3 Å². The minimum absolute atomic E-state index is 0.0955. The number of benzene rings is 2. The number of allylic oxidation sites excluding steroid dienone is 1. The van der Waals surface area contributed by atoms with Crippen LogP contribution < -0.4 is 0 Å². The summed E-state index contributed by atoms with van der Waals surface area (Å²) in [5.41, 5.74) is 0.727. The molecule has 3 atom stereocenters. The number of carbonyl (C=O) groups excluding carboxylic acids is 3. The lowest BCUT2D eigenvalue weighted by Gasteiger charge is -2.37. The van der Waals surface area contributed by atoms with Gasteiger partial charge in [-0.3, -0.25) is 14.5 Å². The SMILES string of the molecule is COC(=O)C1(C(=O)OC)CC(C)=C[C@H]1N1C(=O)O[C@H](c2ccccc2)[C@@H]1c1ccccc1. The molecule has 1 saturated heterocycles. The molecule has 1 aliphatic carbocycles. The third kappa shape index (κ3) is 3.34. The normalized spacial score (nSPS) is 24.0. The first-order valence-electron chi connectivity index (χ1n) is 10.4. The maximum Gasteiger partial charge on any atom is 0.411 e. The quantitative estimate of drug-likeness (QED) is 0.306. The summed E-state index contributed by atoms with van der Waals surface area (Å²) in [7, 11) is 2.45. The third-order valence-corrected chi connectivity index (χ3v) is 6.20. The van der Waals surface area contributed by atoms with Gasteiger partial charge < -0.3 is 14.2 Å². The Labute approximate surface area is 186 Å². The predicted octanol–water partition coefficient (Wildman–Crippen LogP) is 3.97. The van der Waals surface area contributed by atoms with Gasteiger partial charge in [0.2, 0.25) is 0 Å². The molecule has 0 saturated carbocycles. The number of amides is 1. The Morgan fingerprint density at radius 2 is 1.47 bits per heavy atom. The Balaban J connectivity index is 1.88. The van der Waals surface area contributed by atoms with Crippen LogP contribution in [0.15, 0.2) is 72.3 Å². The van der Waals surface area contributed by atoms with Crippen LogP contribution in [0.2, 0.25) is 0 Å². The second-order valence-electron chi connectivity index (χ2n) is 8.07. The van der Waals surface area contributed by atoms with E-state index in [9.17, 15) is 14.4 Å². The summed E-state index contributed by atoms with van der Waals surface area (Å²) in [4.78, 5) is 40.8. The summed E-state index contributed by atoms with van der Waals surface area (Å²) in [6.45, 7) is 1.81. The first-order valence-corrected chi connectivity index (χ1v) is 10.4. The summed E-state index contributed by atoms with van der Waals surface area (Å²) in [5, 5.41) is 0. The zero-order chi connectivity index (χ0) is 22.9. The summed E-state index contributed by atoms with van der Waals surface area (Å²) in [5.74, 6) is -1.49. The van der Waals surface area contributed by atoms with Gasteiger partial charge in [-0.2, -0.15) is 0 Å². The number of hydrogen-bond acceptors (Lipinski definition) is 6. The molecule has 7 heteroatoms. The monoisotopic (exact) mass is 435 g/mol. The Morgan fingerprint density at radius 1 is 0.938 bits per heavy atom. The van der Waals surface area contributed by atoms with Crippen LogP contribution in [0.25, 0.3) is 0 Å². The van der Waals surface area contributed by atoms with Crippen LogP contribution in [0.1, 0.15) is 36.6 Å². The second-order valence-corrected chi connectivity index (χ2v) is 8.07. The van der Waals surface area contributed by atoms with Crippen molar-refractivity contribution in [2.75, 3.05) is 14.2 Å². The lowest BCUT2D eigenvalue weighted by atomic mass is 9.79. The second kappa shape index (κ2) is 8.49. The predicted molar refractivity (Wildman–Crippen MR) is 115 cm³/mol. The van der Waals surface area contributed by atoms with E-state index < -0.39 is 41.6 Å². The van der Waals surface area contributed by atoms with Gasteiger partial charge in [0.05, 0.1) is 20.3 Å². The lowest BCUT2D eigenvalue weighted by molar-refractivity contribution is -0.172. The number of nitrogens with zero attached hydrogens (tertiary/aromatic N) is 1. The van der Waals surface area contributed by atoms with Crippen LogP contribution in [0, 0.1) is 5.41 Å². The van der Waals surface area contributed by atoms with E-state index in [1.54, 1.807) is 6.08 Å². The van der Waals surface area contributed by atoms with Crippen LogP contribution in [-0.2, 0) is 23.8 Å². The summed E-state index contributed by atoms with van der Waals surface area (Å²) >= 11 is 0. The van der Waals surface area contributed by atoms with Gasteiger partial charge in [0.15, 0.2) is 11.5 Å². The number of rotatable bonds is 5. The van der Waals surface area contributed by atoms with Crippen molar-refractivity contribution in [3.63, 3.8) is 0 Å². The summed E-state index contributed by atoms with van der Waals surface area (Å²) < 4.78 is 15.9. The van der Waals surface area contributed by atoms with Crippen LogP contribution in [0.4, 0.5) is 4.79 Å². The highest BCUT2D eigenvalue weighted by Gasteiger charge is 2.63.